The molecule has 0 spiro atoms. The highest BCUT2D eigenvalue weighted by Crippen LogP contribution is 2.23. The van der Waals surface area contributed by atoms with Crippen LogP contribution in [0.2, 0.25) is 0 Å². The van der Waals surface area contributed by atoms with Crippen molar-refractivity contribution in [3.05, 3.63) is 64.0 Å². The average molecular weight is 437 g/mol. The molecule has 1 atom stereocenters. The van der Waals surface area contributed by atoms with E-state index < -0.39 is 0 Å². The van der Waals surface area contributed by atoms with E-state index in [4.69, 9.17) is 4.74 Å². The Morgan fingerprint density at radius 2 is 1.94 bits per heavy atom. The van der Waals surface area contributed by atoms with Gasteiger partial charge in [0.2, 0.25) is 0 Å². The molecule has 2 aromatic rings. The molecule has 2 rings (SSSR count). The van der Waals surface area contributed by atoms with Gasteiger partial charge in [0.25, 0.3) is 5.91 Å². The molecule has 6 nitrogen and oxygen atoms in total. The molecule has 0 saturated heterocycles. The van der Waals surface area contributed by atoms with Gasteiger partial charge in [0, 0.05) is 31.6 Å². The van der Waals surface area contributed by atoms with Crippen LogP contribution in [-0.4, -0.2) is 42.2 Å². The number of amides is 1. The van der Waals surface area contributed by atoms with Crippen LogP contribution in [-0.2, 0) is 22.6 Å². The maximum absolute atomic E-state index is 12.7. The van der Waals surface area contributed by atoms with E-state index in [9.17, 15) is 10.1 Å². The topological polar surface area (TPSA) is 70.3 Å². The Hall–Kier alpha value is -2.88. The lowest BCUT2D eigenvalue weighted by Gasteiger charge is -2.18. The first-order chi connectivity index (χ1) is 15.3. The Labute approximate surface area is 192 Å². The van der Waals surface area contributed by atoms with E-state index in [1.54, 1.807) is 13.2 Å². The number of hydrogen-bond acceptors (Lipinski definition) is 4. The highest BCUT2D eigenvalue weighted by atomic mass is 16.5. The van der Waals surface area contributed by atoms with Gasteiger partial charge < -0.3 is 14.6 Å². The quantitative estimate of drug-likeness (QED) is 0.419. The summed E-state index contributed by atoms with van der Waals surface area (Å²) >= 11 is 0. The van der Waals surface area contributed by atoms with Crippen molar-refractivity contribution in [2.75, 3.05) is 26.8 Å². The molecule has 1 amide bonds. The number of rotatable bonds is 11. The zero-order valence-electron chi connectivity index (χ0n) is 20.2. The first-order valence-electron chi connectivity index (χ1n) is 11.2. The Balaban J connectivity index is 2.12. The second-order valence-electron chi connectivity index (χ2n) is 8.13. The van der Waals surface area contributed by atoms with Crippen LogP contribution in [0.15, 0.2) is 35.9 Å². The zero-order chi connectivity index (χ0) is 23.7. The van der Waals surface area contributed by atoms with Gasteiger partial charge in [-0.1, -0.05) is 38.1 Å². The molecule has 0 aliphatic carbocycles. The fraction of sp³-hybridized carbons (Fsp3) is 0.462. The largest absolute Gasteiger partial charge is 0.383 e. The van der Waals surface area contributed by atoms with Gasteiger partial charge in [-0.05, 0) is 62.7 Å². The summed E-state index contributed by atoms with van der Waals surface area (Å²) in [7, 11) is 1.68. The number of aryl methyl sites for hydroxylation is 1. The van der Waals surface area contributed by atoms with Crippen molar-refractivity contribution >= 4 is 12.0 Å². The number of hydrogen-bond donors (Lipinski definition) is 1. The lowest BCUT2D eigenvalue weighted by molar-refractivity contribution is -0.117. The smallest absolute Gasteiger partial charge is 0.262 e. The van der Waals surface area contributed by atoms with E-state index in [0.717, 1.165) is 42.1 Å². The van der Waals surface area contributed by atoms with Crippen molar-refractivity contribution in [3.8, 4) is 6.07 Å². The molecule has 172 valence electrons. The van der Waals surface area contributed by atoms with E-state index in [0.29, 0.717) is 13.2 Å². The van der Waals surface area contributed by atoms with Gasteiger partial charge in [-0.2, -0.15) is 5.26 Å². The molecule has 0 radical (unpaired) electrons. The van der Waals surface area contributed by atoms with Gasteiger partial charge in [-0.15, -0.1) is 0 Å². The summed E-state index contributed by atoms with van der Waals surface area (Å²) in [5.41, 5.74) is 5.29. The molecule has 1 unspecified atom stereocenters. The molecule has 1 aromatic heterocycles. The lowest BCUT2D eigenvalue weighted by atomic mass is 10.1. The van der Waals surface area contributed by atoms with Crippen LogP contribution in [0.1, 0.15) is 54.9 Å². The molecular formula is C26H36N4O2. The third-order valence-corrected chi connectivity index (χ3v) is 5.78. The van der Waals surface area contributed by atoms with Crippen molar-refractivity contribution < 1.29 is 9.53 Å². The predicted molar refractivity (Wildman–Crippen MR) is 129 cm³/mol. The first-order valence-corrected chi connectivity index (χ1v) is 11.2. The van der Waals surface area contributed by atoms with Crippen molar-refractivity contribution in [1.29, 1.82) is 5.26 Å². The fourth-order valence-corrected chi connectivity index (χ4v) is 4.07. The third kappa shape index (κ3) is 6.56. The Bertz CT molecular complexity index is 980. The Morgan fingerprint density at radius 3 is 2.56 bits per heavy atom. The molecule has 0 saturated carbocycles. The Kier molecular flexibility index (Phi) is 9.70. The number of nitriles is 1. The molecule has 0 bridgehead atoms. The minimum atomic E-state index is -0.364. The van der Waals surface area contributed by atoms with Crippen LogP contribution in [0.5, 0.6) is 0 Å². The molecule has 0 aliphatic rings. The summed E-state index contributed by atoms with van der Waals surface area (Å²) in [5, 5.41) is 12.5. The number of nitrogens with one attached hydrogen (secondary N) is 1. The number of carbonyl (C=O) groups excluding carboxylic acids is 1. The van der Waals surface area contributed by atoms with Crippen LogP contribution in [0.4, 0.5) is 0 Å². The molecule has 1 heterocycles. The van der Waals surface area contributed by atoms with Crippen LogP contribution < -0.4 is 5.32 Å². The molecule has 6 heteroatoms. The highest BCUT2D eigenvalue weighted by Gasteiger charge is 2.16. The maximum atomic E-state index is 12.7. The monoisotopic (exact) mass is 436 g/mol. The molecule has 1 aromatic carbocycles. The number of benzene rings is 1. The summed E-state index contributed by atoms with van der Waals surface area (Å²) < 4.78 is 7.45. The zero-order valence-corrected chi connectivity index (χ0v) is 20.2. The van der Waals surface area contributed by atoms with E-state index in [1.807, 2.05) is 32.0 Å². The first kappa shape index (κ1) is 25.4. The van der Waals surface area contributed by atoms with Gasteiger partial charge in [-0.25, -0.2) is 0 Å². The summed E-state index contributed by atoms with van der Waals surface area (Å²) in [5.74, 6) is -0.364. The second kappa shape index (κ2) is 12.2. The number of ether oxygens (including phenoxy) is 1. The number of nitrogens with zero attached hydrogens (tertiary/aromatic N) is 3. The van der Waals surface area contributed by atoms with Gasteiger partial charge >= 0.3 is 0 Å². The highest BCUT2D eigenvalue weighted by molar-refractivity contribution is 6.01. The molecule has 0 aliphatic heterocycles. The van der Waals surface area contributed by atoms with Crippen LogP contribution in [0.25, 0.3) is 6.08 Å². The minimum absolute atomic E-state index is 0.101. The van der Waals surface area contributed by atoms with Gasteiger partial charge in [0.15, 0.2) is 0 Å². The number of aromatic nitrogens is 1. The van der Waals surface area contributed by atoms with E-state index in [1.165, 1.54) is 5.56 Å². The van der Waals surface area contributed by atoms with E-state index >= 15 is 0 Å². The normalized spacial score (nSPS) is 12.6. The average Bonchev–Trinajstić information content (AvgIpc) is 3.07. The van der Waals surface area contributed by atoms with Crippen molar-refractivity contribution in [3.63, 3.8) is 0 Å². The van der Waals surface area contributed by atoms with E-state index in [2.05, 4.69) is 53.8 Å². The molecule has 1 N–H and O–H groups in total. The van der Waals surface area contributed by atoms with Gasteiger partial charge in [0.05, 0.1) is 12.6 Å². The fourth-order valence-electron chi connectivity index (χ4n) is 4.07. The predicted octanol–water partition coefficient (Wildman–Crippen LogP) is 4.38. The van der Waals surface area contributed by atoms with Crippen LogP contribution in [0, 0.1) is 25.2 Å². The SMILES string of the molecule is CCN(CC)Cc1cccc(CNC(=O)/C(C#N)=C\c2cc(C)n(C(C)COC)c2C)c1. The minimum Gasteiger partial charge on any atom is -0.383 e. The molecular weight excluding hydrogens is 400 g/mol. The van der Waals surface area contributed by atoms with Crippen LogP contribution in [0.3, 0.4) is 0 Å². The van der Waals surface area contributed by atoms with Gasteiger partial charge in [0.1, 0.15) is 11.6 Å². The van der Waals surface area contributed by atoms with E-state index in [-0.39, 0.29) is 17.5 Å². The Morgan fingerprint density at radius 1 is 1.25 bits per heavy atom. The van der Waals surface area contributed by atoms with Gasteiger partial charge in [-0.3, -0.25) is 9.69 Å². The van der Waals surface area contributed by atoms with Crippen molar-refractivity contribution in [1.82, 2.24) is 14.8 Å². The lowest BCUT2D eigenvalue weighted by Crippen LogP contribution is -2.24. The van der Waals surface area contributed by atoms with Crippen molar-refractivity contribution in [2.45, 2.75) is 53.8 Å². The summed E-state index contributed by atoms with van der Waals surface area (Å²) in [6, 6.07) is 12.4. The molecule has 0 fully saturated rings. The summed E-state index contributed by atoms with van der Waals surface area (Å²) in [6.07, 6.45) is 1.67. The summed E-state index contributed by atoms with van der Waals surface area (Å²) in [6.45, 7) is 14.3. The standard InChI is InChI=1S/C26H36N4O2/c1-7-29(8-2)17-23-11-9-10-22(13-23)16-28-26(31)25(15-27)14-24-12-19(3)30(21(24)5)20(4)18-32-6/h9-14,20H,7-8,16-18H2,1-6H3,(H,28,31)/b25-14-. The van der Waals surface area contributed by atoms with Crippen molar-refractivity contribution in [2.24, 2.45) is 0 Å². The number of carbonyl (C=O) groups is 1. The second-order valence-corrected chi connectivity index (χ2v) is 8.13. The number of methoxy groups -OCH3 is 1. The third-order valence-electron chi connectivity index (χ3n) is 5.78. The van der Waals surface area contributed by atoms with Crippen LogP contribution >= 0.6 is 0 Å². The summed E-state index contributed by atoms with van der Waals surface area (Å²) in [4.78, 5) is 15.1. The maximum Gasteiger partial charge on any atom is 0.262 e. The molecule has 32 heavy (non-hydrogen) atoms.